The van der Waals surface area contributed by atoms with Crippen LogP contribution in [0.5, 0.6) is 0 Å². The molecule has 1 aromatic heterocycles. The average molecular weight is 395 g/mol. The van der Waals surface area contributed by atoms with Crippen LogP contribution >= 0.6 is 22.6 Å². The third kappa shape index (κ3) is 4.35. The number of rotatable bonds is 4. The number of hydrogen-bond acceptors (Lipinski definition) is 4. The van der Waals surface area contributed by atoms with Crippen molar-refractivity contribution in [2.45, 2.75) is 0 Å². The molecule has 0 saturated heterocycles. The first-order valence-electron chi connectivity index (χ1n) is 5.90. The summed E-state index contributed by atoms with van der Waals surface area (Å²) < 4.78 is 0.959. The van der Waals surface area contributed by atoms with E-state index in [4.69, 9.17) is 0 Å². The monoisotopic (exact) mass is 395 g/mol. The number of carbonyl (C=O) groups is 1. The standard InChI is InChI=1S/C14H10IN3O3/c15-11-6-7-13(16-9-11)17-14(19)8-5-10-3-1-2-4-12(10)18(20)21/h1-9H,(H,16,17,19). The van der Waals surface area contributed by atoms with Gasteiger partial charge in [0.05, 0.1) is 10.5 Å². The molecular formula is C14H10IN3O3. The summed E-state index contributed by atoms with van der Waals surface area (Å²) in [6, 6.07) is 9.70. The predicted octanol–water partition coefficient (Wildman–Crippen LogP) is 3.25. The van der Waals surface area contributed by atoms with Gasteiger partial charge in [0.1, 0.15) is 5.82 Å². The lowest BCUT2D eigenvalue weighted by atomic mass is 10.1. The quantitative estimate of drug-likeness (QED) is 0.373. The SMILES string of the molecule is O=C(C=Cc1ccccc1[N+](=O)[O-])Nc1ccc(I)cn1. The normalized spacial score (nSPS) is 10.5. The number of pyridine rings is 1. The van der Waals surface area contributed by atoms with E-state index in [0.717, 1.165) is 3.57 Å². The first-order valence-corrected chi connectivity index (χ1v) is 6.98. The fourth-order valence-corrected chi connectivity index (χ4v) is 1.90. The van der Waals surface area contributed by atoms with Crippen LogP contribution in [0.2, 0.25) is 0 Å². The molecule has 21 heavy (non-hydrogen) atoms. The van der Waals surface area contributed by atoms with Crippen LogP contribution < -0.4 is 5.32 Å². The second-order valence-electron chi connectivity index (χ2n) is 4.00. The van der Waals surface area contributed by atoms with E-state index in [-0.39, 0.29) is 5.69 Å². The summed E-state index contributed by atoms with van der Waals surface area (Å²) in [7, 11) is 0. The zero-order valence-electron chi connectivity index (χ0n) is 10.7. The van der Waals surface area contributed by atoms with Gasteiger partial charge in [-0.25, -0.2) is 4.98 Å². The largest absolute Gasteiger partial charge is 0.307 e. The highest BCUT2D eigenvalue weighted by Crippen LogP contribution is 2.18. The van der Waals surface area contributed by atoms with Crippen LogP contribution in [0.4, 0.5) is 11.5 Å². The van der Waals surface area contributed by atoms with E-state index in [0.29, 0.717) is 11.4 Å². The molecule has 0 radical (unpaired) electrons. The Bertz CT molecular complexity index is 699. The topological polar surface area (TPSA) is 85.1 Å². The van der Waals surface area contributed by atoms with E-state index in [9.17, 15) is 14.9 Å². The van der Waals surface area contributed by atoms with Gasteiger partial charge in [-0.2, -0.15) is 0 Å². The lowest BCUT2D eigenvalue weighted by molar-refractivity contribution is -0.385. The van der Waals surface area contributed by atoms with Crippen molar-refractivity contribution in [1.29, 1.82) is 0 Å². The van der Waals surface area contributed by atoms with Crippen LogP contribution in [0.25, 0.3) is 6.08 Å². The van der Waals surface area contributed by atoms with Crippen molar-refractivity contribution in [3.8, 4) is 0 Å². The number of nitrogens with one attached hydrogen (secondary N) is 1. The molecule has 0 spiro atoms. The first kappa shape index (κ1) is 15.1. The highest BCUT2D eigenvalue weighted by atomic mass is 127. The molecule has 0 saturated carbocycles. The van der Waals surface area contributed by atoms with E-state index in [1.54, 1.807) is 30.5 Å². The lowest BCUT2D eigenvalue weighted by Gasteiger charge is -2.01. The van der Waals surface area contributed by atoms with Gasteiger partial charge >= 0.3 is 0 Å². The van der Waals surface area contributed by atoms with Gasteiger partial charge < -0.3 is 5.32 Å². The first-order chi connectivity index (χ1) is 10.1. The van der Waals surface area contributed by atoms with E-state index in [1.807, 2.05) is 6.07 Å². The van der Waals surface area contributed by atoms with Crippen LogP contribution in [-0.4, -0.2) is 15.8 Å². The number of aromatic nitrogens is 1. The van der Waals surface area contributed by atoms with Gasteiger partial charge in [-0.05, 0) is 46.9 Å². The minimum absolute atomic E-state index is 0.0473. The van der Waals surface area contributed by atoms with Gasteiger partial charge in [0.25, 0.3) is 5.69 Å². The number of para-hydroxylation sites is 1. The van der Waals surface area contributed by atoms with Crippen molar-refractivity contribution < 1.29 is 9.72 Å². The van der Waals surface area contributed by atoms with E-state index < -0.39 is 10.8 Å². The molecule has 6 nitrogen and oxygen atoms in total. The van der Waals surface area contributed by atoms with E-state index in [1.165, 1.54) is 18.2 Å². The van der Waals surface area contributed by atoms with Crippen molar-refractivity contribution in [3.05, 3.63) is 67.9 Å². The summed E-state index contributed by atoms with van der Waals surface area (Å²) in [5.41, 5.74) is 0.321. The molecule has 0 aliphatic rings. The Morgan fingerprint density at radius 3 is 2.71 bits per heavy atom. The Morgan fingerprint density at radius 1 is 1.29 bits per heavy atom. The number of benzene rings is 1. The fraction of sp³-hybridized carbons (Fsp3) is 0. The summed E-state index contributed by atoms with van der Waals surface area (Å²) in [6.45, 7) is 0. The zero-order chi connectivity index (χ0) is 15.2. The van der Waals surface area contributed by atoms with Crippen molar-refractivity contribution in [2.75, 3.05) is 5.32 Å². The highest BCUT2D eigenvalue weighted by Gasteiger charge is 2.09. The van der Waals surface area contributed by atoms with Crippen LogP contribution in [0.1, 0.15) is 5.56 Å². The van der Waals surface area contributed by atoms with Gasteiger partial charge in [0.15, 0.2) is 0 Å². The molecule has 106 valence electrons. The second kappa shape index (κ2) is 6.93. The highest BCUT2D eigenvalue weighted by molar-refractivity contribution is 14.1. The molecule has 0 fully saturated rings. The molecule has 0 atom stereocenters. The number of amides is 1. The maximum Gasteiger partial charge on any atom is 0.276 e. The third-order valence-electron chi connectivity index (χ3n) is 2.53. The van der Waals surface area contributed by atoms with Gasteiger partial charge in [-0.3, -0.25) is 14.9 Å². The third-order valence-corrected chi connectivity index (χ3v) is 3.16. The maximum absolute atomic E-state index is 11.7. The minimum Gasteiger partial charge on any atom is -0.307 e. The lowest BCUT2D eigenvalue weighted by Crippen LogP contribution is -2.09. The second-order valence-corrected chi connectivity index (χ2v) is 5.25. The summed E-state index contributed by atoms with van der Waals surface area (Å²) >= 11 is 2.11. The molecule has 1 amide bonds. The number of carbonyl (C=O) groups excluding carboxylic acids is 1. The molecule has 2 rings (SSSR count). The van der Waals surface area contributed by atoms with Crippen LogP contribution in [0.3, 0.4) is 0 Å². The Morgan fingerprint density at radius 2 is 2.05 bits per heavy atom. The molecular weight excluding hydrogens is 385 g/mol. The van der Waals surface area contributed by atoms with Crippen LogP contribution in [-0.2, 0) is 4.79 Å². The number of nitro benzene ring substituents is 1. The number of nitro groups is 1. The zero-order valence-corrected chi connectivity index (χ0v) is 12.9. The molecule has 0 bridgehead atoms. The molecule has 1 N–H and O–H groups in total. The van der Waals surface area contributed by atoms with E-state index in [2.05, 4.69) is 32.9 Å². The molecule has 0 aliphatic carbocycles. The van der Waals surface area contributed by atoms with Crippen molar-refractivity contribution >= 4 is 46.1 Å². The molecule has 7 heteroatoms. The van der Waals surface area contributed by atoms with Gasteiger partial charge in [-0.15, -0.1) is 0 Å². The molecule has 1 heterocycles. The van der Waals surface area contributed by atoms with Crippen molar-refractivity contribution in [1.82, 2.24) is 4.98 Å². The number of anilines is 1. The summed E-state index contributed by atoms with van der Waals surface area (Å²) in [4.78, 5) is 26.1. The average Bonchev–Trinajstić information content (AvgIpc) is 2.48. The smallest absolute Gasteiger partial charge is 0.276 e. The Kier molecular flexibility index (Phi) is 4.99. The van der Waals surface area contributed by atoms with Crippen molar-refractivity contribution in [3.63, 3.8) is 0 Å². The summed E-state index contributed by atoms with van der Waals surface area (Å²) in [5.74, 6) is 0.0227. The number of halogens is 1. The minimum atomic E-state index is -0.488. The molecule has 0 unspecified atom stereocenters. The molecule has 2 aromatic rings. The Balaban J connectivity index is 2.09. The summed E-state index contributed by atoms with van der Waals surface area (Å²) in [6.07, 6.45) is 4.27. The fourth-order valence-electron chi connectivity index (χ4n) is 1.58. The predicted molar refractivity (Wildman–Crippen MR) is 87.7 cm³/mol. The number of hydrogen-bond donors (Lipinski definition) is 1. The number of nitrogens with zero attached hydrogens (tertiary/aromatic N) is 2. The Labute approximate surface area is 134 Å². The van der Waals surface area contributed by atoms with Crippen LogP contribution in [0.15, 0.2) is 48.7 Å². The molecule has 0 aliphatic heterocycles. The summed E-state index contributed by atoms with van der Waals surface area (Å²) in [5, 5.41) is 13.4. The molecule has 1 aromatic carbocycles. The van der Waals surface area contributed by atoms with E-state index >= 15 is 0 Å². The van der Waals surface area contributed by atoms with Crippen molar-refractivity contribution in [2.24, 2.45) is 0 Å². The van der Waals surface area contributed by atoms with Gasteiger partial charge in [0, 0.05) is 21.9 Å². The van der Waals surface area contributed by atoms with Gasteiger partial charge in [-0.1, -0.05) is 12.1 Å². The van der Waals surface area contributed by atoms with Crippen LogP contribution in [0, 0.1) is 13.7 Å². The van der Waals surface area contributed by atoms with Gasteiger partial charge in [0.2, 0.25) is 5.91 Å². The maximum atomic E-state index is 11.7. The Hall–Kier alpha value is -2.29.